The van der Waals surface area contributed by atoms with Crippen LogP contribution in [0.3, 0.4) is 0 Å². The molecule has 0 radical (unpaired) electrons. The number of unbranched alkanes of at least 4 members (excludes halogenated alkanes) is 12. The van der Waals surface area contributed by atoms with Gasteiger partial charge in [-0.05, 0) is 6.42 Å². The van der Waals surface area contributed by atoms with Gasteiger partial charge >= 0.3 is 13.8 Å². The van der Waals surface area contributed by atoms with E-state index >= 15 is 0 Å². The molecule has 0 spiro atoms. The lowest BCUT2D eigenvalue weighted by molar-refractivity contribution is -0.145. The molecule has 0 bridgehead atoms. The summed E-state index contributed by atoms with van der Waals surface area (Å²) in [4.78, 5) is 28.5. The summed E-state index contributed by atoms with van der Waals surface area (Å²) in [5.74, 6) is -0.224. The minimum atomic E-state index is -4.44. The average Bonchev–Trinajstić information content (AvgIpc) is 2.64. The molecule has 0 aromatic carbocycles. The minimum Gasteiger partial charge on any atom is -0.463 e. The van der Waals surface area contributed by atoms with Gasteiger partial charge in [-0.3, -0.25) is 9.32 Å². The second-order valence-corrected chi connectivity index (χ2v) is 8.39. The topological polar surface area (TPSA) is 102 Å². The molecule has 0 saturated carbocycles. The van der Waals surface area contributed by atoms with Crippen molar-refractivity contribution in [1.29, 1.82) is 0 Å². The number of phosphoric ester groups is 1. The smallest absolute Gasteiger partial charge is 0.463 e. The van der Waals surface area contributed by atoms with E-state index in [0.717, 1.165) is 12.8 Å². The van der Waals surface area contributed by atoms with Crippen molar-refractivity contribution in [1.82, 2.24) is 0 Å². The maximum Gasteiger partial charge on any atom is 0.469 e. The number of hydrogen-bond acceptors (Lipinski definition) is 5. The van der Waals surface area contributed by atoms with E-state index in [1.54, 1.807) is 0 Å². The minimum absolute atomic E-state index is 0.0432. The molecule has 0 aliphatic rings. The predicted octanol–water partition coefficient (Wildman–Crippen LogP) is 5.14. The van der Waals surface area contributed by atoms with Crippen LogP contribution in [0, 0.1) is 0 Å². The van der Waals surface area contributed by atoms with E-state index in [9.17, 15) is 9.36 Å². The maximum atomic E-state index is 11.6. The van der Waals surface area contributed by atoms with Gasteiger partial charge in [0.25, 0.3) is 0 Å². The molecule has 0 aliphatic carbocycles. The Morgan fingerprint density at radius 3 is 1.68 bits per heavy atom. The van der Waals surface area contributed by atoms with E-state index in [4.69, 9.17) is 19.3 Å². The fourth-order valence-corrected chi connectivity index (χ4v) is 3.20. The second kappa shape index (κ2) is 19.8. The number of ether oxygens (including phenoxy) is 2. The Morgan fingerprint density at radius 1 is 0.714 bits per heavy atom. The van der Waals surface area contributed by atoms with E-state index in [1.165, 1.54) is 70.6 Å². The first-order valence-corrected chi connectivity index (χ1v) is 12.4. The quantitative estimate of drug-likeness (QED) is 0.149. The first-order chi connectivity index (χ1) is 13.5. The molecule has 0 unspecified atom stereocenters. The van der Waals surface area contributed by atoms with Crippen LogP contribution in [-0.2, 0) is 23.4 Å². The van der Waals surface area contributed by atoms with Gasteiger partial charge in [0, 0.05) is 6.42 Å². The SMILES string of the molecule is CCCCCCCCCCCCCCCC(=O)OCCOCCOP(=O)(O)O. The Bertz CT molecular complexity index is 398. The number of carbonyl (C=O) groups is 1. The number of phosphoric acid groups is 1. The van der Waals surface area contributed by atoms with Crippen molar-refractivity contribution in [2.45, 2.75) is 96.8 Å². The van der Waals surface area contributed by atoms with Crippen LogP contribution in [0.2, 0.25) is 0 Å². The summed E-state index contributed by atoms with van der Waals surface area (Å²) in [6.45, 7) is 2.43. The fourth-order valence-electron chi connectivity index (χ4n) is 2.89. The zero-order chi connectivity index (χ0) is 20.9. The number of rotatable bonds is 21. The highest BCUT2D eigenvalue weighted by molar-refractivity contribution is 7.46. The molecular formula is C20H41O7P. The highest BCUT2D eigenvalue weighted by atomic mass is 31.2. The van der Waals surface area contributed by atoms with Gasteiger partial charge in [0.2, 0.25) is 0 Å². The van der Waals surface area contributed by atoms with Crippen molar-refractivity contribution in [3.63, 3.8) is 0 Å². The Kier molecular flexibility index (Phi) is 19.5. The lowest BCUT2D eigenvalue weighted by Gasteiger charge is -2.07. The van der Waals surface area contributed by atoms with Gasteiger partial charge in [-0.25, -0.2) is 4.57 Å². The Morgan fingerprint density at radius 2 is 1.18 bits per heavy atom. The average molecular weight is 425 g/mol. The van der Waals surface area contributed by atoms with Crippen molar-refractivity contribution >= 4 is 13.8 Å². The summed E-state index contributed by atoms with van der Waals surface area (Å²) in [6, 6.07) is 0. The van der Waals surface area contributed by atoms with Crippen LogP contribution in [0.15, 0.2) is 0 Å². The highest BCUT2D eigenvalue weighted by Crippen LogP contribution is 2.35. The summed E-state index contributed by atoms with van der Waals surface area (Å²) in [7, 11) is -4.44. The lowest BCUT2D eigenvalue weighted by atomic mass is 10.0. The summed E-state index contributed by atoms with van der Waals surface area (Å²) < 4.78 is 24.7. The van der Waals surface area contributed by atoms with Crippen molar-refractivity contribution in [3.8, 4) is 0 Å². The first-order valence-electron chi connectivity index (χ1n) is 10.9. The third kappa shape index (κ3) is 23.6. The van der Waals surface area contributed by atoms with E-state index in [0.29, 0.717) is 6.42 Å². The van der Waals surface area contributed by atoms with Crippen molar-refractivity contribution in [3.05, 3.63) is 0 Å². The third-order valence-corrected chi connectivity index (χ3v) is 4.98. The summed E-state index contributed by atoms with van der Waals surface area (Å²) in [5.41, 5.74) is 0. The molecule has 0 fully saturated rings. The normalized spacial score (nSPS) is 11.7. The van der Waals surface area contributed by atoms with Crippen molar-refractivity contribution in [2.75, 3.05) is 26.4 Å². The predicted molar refractivity (Wildman–Crippen MR) is 110 cm³/mol. The molecule has 8 heteroatoms. The number of carbonyl (C=O) groups excluding carboxylic acids is 1. The molecule has 0 rings (SSSR count). The van der Waals surface area contributed by atoms with Crippen LogP contribution in [0.5, 0.6) is 0 Å². The molecule has 0 aromatic heterocycles. The monoisotopic (exact) mass is 424 g/mol. The zero-order valence-electron chi connectivity index (χ0n) is 17.6. The third-order valence-electron chi connectivity index (χ3n) is 4.46. The maximum absolute atomic E-state index is 11.6. The Balaban J connectivity index is 3.20. The Hall–Kier alpha value is -0.460. The van der Waals surface area contributed by atoms with Gasteiger partial charge in [-0.1, -0.05) is 84.0 Å². The molecule has 0 atom stereocenters. The van der Waals surface area contributed by atoms with E-state index in [-0.39, 0.29) is 32.4 Å². The number of esters is 1. The van der Waals surface area contributed by atoms with E-state index in [1.807, 2.05) is 0 Å². The van der Waals surface area contributed by atoms with Crippen LogP contribution in [0.1, 0.15) is 96.8 Å². The number of hydrogen-bond donors (Lipinski definition) is 2. The molecule has 0 aromatic rings. The van der Waals surface area contributed by atoms with Gasteiger partial charge in [0.05, 0.1) is 19.8 Å². The van der Waals surface area contributed by atoms with Gasteiger partial charge in [0.15, 0.2) is 0 Å². The Labute approximate surface area is 170 Å². The summed E-state index contributed by atoms with van der Waals surface area (Å²) in [6.07, 6.45) is 17.0. The first kappa shape index (κ1) is 27.5. The largest absolute Gasteiger partial charge is 0.469 e. The second-order valence-electron chi connectivity index (χ2n) is 7.15. The molecule has 0 aliphatic heterocycles. The van der Waals surface area contributed by atoms with E-state index in [2.05, 4.69) is 11.4 Å². The van der Waals surface area contributed by atoms with Gasteiger partial charge in [-0.15, -0.1) is 0 Å². The molecule has 0 saturated heterocycles. The molecule has 2 N–H and O–H groups in total. The van der Waals surface area contributed by atoms with Crippen LogP contribution in [0.25, 0.3) is 0 Å². The van der Waals surface area contributed by atoms with E-state index < -0.39 is 7.82 Å². The molecule has 0 amide bonds. The molecule has 168 valence electrons. The molecule has 28 heavy (non-hydrogen) atoms. The van der Waals surface area contributed by atoms with Gasteiger partial charge in [-0.2, -0.15) is 0 Å². The summed E-state index contributed by atoms with van der Waals surface area (Å²) >= 11 is 0. The summed E-state index contributed by atoms with van der Waals surface area (Å²) in [5, 5.41) is 0. The fraction of sp³-hybridized carbons (Fsp3) is 0.950. The van der Waals surface area contributed by atoms with Gasteiger partial charge < -0.3 is 19.3 Å². The molecule has 7 nitrogen and oxygen atoms in total. The molecular weight excluding hydrogens is 383 g/mol. The zero-order valence-corrected chi connectivity index (χ0v) is 18.5. The van der Waals surface area contributed by atoms with Crippen molar-refractivity contribution < 1.29 is 33.1 Å². The molecule has 0 heterocycles. The van der Waals surface area contributed by atoms with Crippen molar-refractivity contribution in [2.24, 2.45) is 0 Å². The van der Waals surface area contributed by atoms with Crippen LogP contribution < -0.4 is 0 Å². The van der Waals surface area contributed by atoms with Crippen LogP contribution in [-0.4, -0.2) is 42.2 Å². The highest BCUT2D eigenvalue weighted by Gasteiger charge is 2.12. The van der Waals surface area contributed by atoms with Gasteiger partial charge in [0.1, 0.15) is 6.61 Å². The standard InChI is InChI=1S/C20H41O7P/c1-2-3-4-5-6-7-8-9-10-11-12-13-14-15-20(21)26-18-16-25-17-19-27-28(22,23)24/h2-19H2,1H3,(H2,22,23,24). The van der Waals surface area contributed by atoms with Crippen LogP contribution in [0.4, 0.5) is 0 Å². The van der Waals surface area contributed by atoms with Crippen LogP contribution >= 0.6 is 7.82 Å². The lowest BCUT2D eigenvalue weighted by Crippen LogP contribution is -2.12.